The number of sulfonamides is 1. The van der Waals surface area contributed by atoms with Gasteiger partial charge in [-0.1, -0.05) is 62.8 Å². The summed E-state index contributed by atoms with van der Waals surface area (Å²) in [5, 5.41) is 16.8. The molecule has 2 saturated heterocycles. The molecule has 0 spiro atoms. The van der Waals surface area contributed by atoms with Crippen LogP contribution in [-0.2, 0) is 31.0 Å². The lowest BCUT2D eigenvalue weighted by Gasteiger charge is -2.39. The molecule has 0 bridgehead atoms. The number of benzene rings is 3. The number of pyridine rings is 1. The summed E-state index contributed by atoms with van der Waals surface area (Å²) in [6.07, 6.45) is 5.37. The number of nitro benzene ring substituents is 1. The van der Waals surface area contributed by atoms with Crippen LogP contribution in [-0.4, -0.2) is 127 Å². The summed E-state index contributed by atoms with van der Waals surface area (Å²) in [7, 11) is -5.91. The number of halogens is 1. The number of carbonyl (C=O) groups is 1. The van der Waals surface area contributed by atoms with E-state index in [-0.39, 0.29) is 29.3 Å². The van der Waals surface area contributed by atoms with Gasteiger partial charge >= 0.3 is 0 Å². The first-order chi connectivity index (χ1) is 34.9. The van der Waals surface area contributed by atoms with Crippen LogP contribution >= 0.6 is 11.6 Å². The Bertz CT molecular complexity index is 2970. The molecule has 2 fully saturated rings. The predicted molar refractivity (Wildman–Crippen MR) is 289 cm³/mol. The van der Waals surface area contributed by atoms with Crippen molar-refractivity contribution in [3.8, 4) is 5.88 Å². The van der Waals surface area contributed by atoms with Crippen LogP contribution in [0.2, 0.25) is 30.7 Å². The zero-order valence-corrected chi connectivity index (χ0v) is 45.0. The third-order valence-corrected chi connectivity index (χ3v) is 17.4. The second-order valence-electron chi connectivity index (χ2n) is 21.4. The molecule has 390 valence electrons. The maximum Gasteiger partial charge on any atom is 0.293 e. The van der Waals surface area contributed by atoms with E-state index in [4.69, 9.17) is 35.5 Å². The molecule has 1 aliphatic carbocycles. The Morgan fingerprint density at radius 3 is 2.51 bits per heavy atom. The molecule has 3 aromatic carbocycles. The largest absolute Gasteiger partial charge is 0.476 e. The van der Waals surface area contributed by atoms with Gasteiger partial charge in [0.15, 0.2) is 0 Å². The molecule has 9 rings (SSSR count). The minimum atomic E-state index is -4.62. The highest BCUT2D eigenvalue weighted by Gasteiger charge is 2.32. The molecule has 0 unspecified atom stereocenters. The number of fused-ring (bicyclic) bond motifs is 2. The molecule has 73 heavy (non-hydrogen) atoms. The average molecular weight is 1060 g/mol. The Kier molecular flexibility index (Phi) is 15.9. The number of nitrogens with one attached hydrogen (secondary N) is 2. The van der Waals surface area contributed by atoms with Crippen molar-refractivity contribution in [2.45, 2.75) is 82.9 Å². The SMILES string of the molecule is CC1(C)CCC(CN2CCN(c3ccc(C(=O)NS(=O)(=O)c4ccc(NC[C@H]5COCCO5)c([N+](=O)[O-])c4)c(N4CCCOc5nc6c(ccn6COCC[Si](C)(C)C)cc54)c3)CC2)=C(c2ccc(Cl)cc2)C1. The summed E-state index contributed by atoms with van der Waals surface area (Å²) in [6, 6.07) is 22.2. The lowest BCUT2D eigenvalue weighted by Crippen LogP contribution is -2.47. The Morgan fingerprint density at radius 1 is 0.973 bits per heavy atom. The van der Waals surface area contributed by atoms with Crippen LogP contribution in [0.5, 0.6) is 5.88 Å². The normalized spacial score (nSPS) is 18.8. The third kappa shape index (κ3) is 12.7. The summed E-state index contributed by atoms with van der Waals surface area (Å²) in [4.78, 5) is 37.6. The number of nitro groups is 1. The van der Waals surface area contributed by atoms with Gasteiger partial charge in [0.2, 0.25) is 5.88 Å². The van der Waals surface area contributed by atoms with E-state index in [0.717, 1.165) is 80.2 Å². The molecule has 2 aromatic heterocycles. The minimum Gasteiger partial charge on any atom is -0.476 e. The lowest BCUT2D eigenvalue weighted by molar-refractivity contribution is -0.384. The molecule has 0 saturated carbocycles. The van der Waals surface area contributed by atoms with Gasteiger partial charge in [0, 0.05) is 88.9 Å². The number of hydrogen-bond acceptors (Lipinski definition) is 14. The second kappa shape index (κ2) is 22.1. The number of allylic oxidation sites excluding steroid dienone is 1. The number of amides is 1. The van der Waals surface area contributed by atoms with Gasteiger partial charge in [-0.15, -0.1) is 0 Å². The highest BCUT2D eigenvalue weighted by Crippen LogP contribution is 2.44. The van der Waals surface area contributed by atoms with Gasteiger partial charge in [-0.05, 0) is 103 Å². The van der Waals surface area contributed by atoms with Crippen LogP contribution in [0.1, 0.15) is 55.5 Å². The second-order valence-corrected chi connectivity index (χ2v) is 29.2. The fourth-order valence-corrected chi connectivity index (χ4v) is 11.8. The zero-order chi connectivity index (χ0) is 51.5. The fourth-order valence-electron chi connectivity index (χ4n) is 9.92. The third-order valence-electron chi connectivity index (χ3n) is 14.1. The maximum absolute atomic E-state index is 14.6. The first kappa shape index (κ1) is 52.3. The molecule has 20 heteroatoms. The van der Waals surface area contributed by atoms with E-state index in [9.17, 15) is 23.3 Å². The highest BCUT2D eigenvalue weighted by molar-refractivity contribution is 7.90. The van der Waals surface area contributed by atoms with E-state index in [0.29, 0.717) is 75.6 Å². The minimum absolute atomic E-state index is 0.0941. The van der Waals surface area contributed by atoms with Gasteiger partial charge in [-0.25, -0.2) is 13.1 Å². The van der Waals surface area contributed by atoms with Crippen molar-refractivity contribution in [2.75, 3.05) is 94.0 Å². The van der Waals surface area contributed by atoms with E-state index in [1.807, 2.05) is 52.1 Å². The van der Waals surface area contributed by atoms with Crippen LogP contribution < -0.4 is 24.6 Å². The summed E-state index contributed by atoms with van der Waals surface area (Å²) in [6.45, 7) is 18.8. The highest BCUT2D eigenvalue weighted by atomic mass is 35.5. The zero-order valence-electron chi connectivity index (χ0n) is 42.5. The van der Waals surface area contributed by atoms with Crippen molar-refractivity contribution in [1.82, 2.24) is 19.2 Å². The van der Waals surface area contributed by atoms with Gasteiger partial charge in [-0.3, -0.25) is 19.8 Å². The number of piperazine rings is 1. The number of ether oxygens (including phenoxy) is 4. The molecule has 0 radical (unpaired) electrons. The summed E-state index contributed by atoms with van der Waals surface area (Å²) < 4.78 is 55.9. The molecule has 4 aliphatic rings. The van der Waals surface area contributed by atoms with Gasteiger partial charge < -0.3 is 38.6 Å². The van der Waals surface area contributed by atoms with E-state index in [1.54, 1.807) is 6.07 Å². The number of anilines is 4. The quantitative estimate of drug-likeness (QED) is 0.0389. The van der Waals surface area contributed by atoms with Crippen molar-refractivity contribution in [3.05, 3.63) is 111 Å². The van der Waals surface area contributed by atoms with E-state index in [2.05, 4.69) is 65.5 Å². The average Bonchev–Trinajstić information content (AvgIpc) is 3.63. The first-order valence-electron chi connectivity index (χ1n) is 25.2. The summed E-state index contributed by atoms with van der Waals surface area (Å²) in [5.74, 6) is -0.513. The van der Waals surface area contributed by atoms with Gasteiger partial charge in [-0.2, -0.15) is 4.98 Å². The van der Waals surface area contributed by atoms with Gasteiger partial charge in [0.1, 0.15) is 23.8 Å². The van der Waals surface area contributed by atoms with Crippen molar-refractivity contribution >= 4 is 80.6 Å². The van der Waals surface area contributed by atoms with Gasteiger partial charge in [0.25, 0.3) is 21.6 Å². The lowest BCUT2D eigenvalue weighted by atomic mass is 9.72. The van der Waals surface area contributed by atoms with Crippen LogP contribution in [0, 0.1) is 15.5 Å². The van der Waals surface area contributed by atoms with Crippen LogP contribution in [0.15, 0.2) is 89.5 Å². The molecule has 17 nitrogen and oxygen atoms in total. The van der Waals surface area contributed by atoms with Crippen molar-refractivity contribution in [1.29, 1.82) is 0 Å². The topological polar surface area (TPSA) is 183 Å². The van der Waals surface area contributed by atoms with E-state index < -0.39 is 39.5 Å². The molecule has 3 aliphatic heterocycles. The van der Waals surface area contributed by atoms with Crippen molar-refractivity contribution in [3.63, 3.8) is 0 Å². The van der Waals surface area contributed by atoms with E-state index >= 15 is 0 Å². The standard InChI is InChI=1S/C53H67ClN8O9SSi/c1-53(2)17-15-39(45(32-53)37-7-9-40(54)10-8-37)34-58-20-22-59(23-21-58)41-11-13-44(51(63)57-72(66,67)43-12-14-46(48(31-43)62(64)65)55-33-42-35-68-25-26-70-42)47(30-41)61-18-6-24-71-52-49(61)29-38-16-19-60(50(38)56-52)36-69-27-28-73(3,4)5/h7-14,16,19,29-31,42,55H,6,15,17-18,20-28,32-36H2,1-5H3,(H,57,63)/t42-/m0/s1. The molecule has 1 atom stereocenters. The molecule has 5 heterocycles. The fraction of sp³-hybridized carbons (Fsp3) is 0.472. The van der Waals surface area contributed by atoms with Gasteiger partial charge in [0.05, 0.1) is 53.6 Å². The van der Waals surface area contributed by atoms with Crippen molar-refractivity contribution in [2.24, 2.45) is 5.41 Å². The molecule has 2 N–H and O–H groups in total. The maximum atomic E-state index is 14.6. The van der Waals surface area contributed by atoms with Crippen LogP contribution in [0.3, 0.4) is 0 Å². The number of rotatable bonds is 17. The number of hydrogen-bond donors (Lipinski definition) is 2. The smallest absolute Gasteiger partial charge is 0.293 e. The summed E-state index contributed by atoms with van der Waals surface area (Å²) in [5.41, 5.74) is 6.73. The Labute approximate surface area is 434 Å². The molecular weight excluding hydrogens is 988 g/mol. The number of aromatic nitrogens is 2. The molecular formula is C53H67ClN8O9SSi. The predicted octanol–water partition coefficient (Wildman–Crippen LogP) is 9.56. The first-order valence-corrected chi connectivity index (χ1v) is 30.8. The van der Waals surface area contributed by atoms with Crippen molar-refractivity contribution < 1.29 is 37.1 Å². The van der Waals surface area contributed by atoms with E-state index in [1.165, 1.54) is 28.8 Å². The Hall–Kier alpha value is -5.54. The number of carbonyl (C=O) groups excluding carboxylic acids is 1. The molecule has 5 aromatic rings. The van der Waals surface area contributed by atoms with Crippen LogP contribution in [0.4, 0.5) is 28.4 Å². The number of nitrogens with zero attached hydrogens (tertiary/aromatic N) is 6. The van der Waals surface area contributed by atoms with Crippen LogP contribution in [0.25, 0.3) is 16.6 Å². The summed E-state index contributed by atoms with van der Waals surface area (Å²) >= 11 is 6.30. The Morgan fingerprint density at radius 2 is 1.77 bits per heavy atom. The molecule has 1 amide bonds. The Balaban J connectivity index is 1.00. The monoisotopic (exact) mass is 1050 g/mol.